The van der Waals surface area contributed by atoms with E-state index in [4.69, 9.17) is 15.6 Å². The number of thiophene rings is 1. The Morgan fingerprint density at radius 2 is 1.89 bits per heavy atom. The Hall–Kier alpha value is -4.79. The Morgan fingerprint density at radius 1 is 1.14 bits per heavy atom. The summed E-state index contributed by atoms with van der Waals surface area (Å²) in [6.07, 6.45) is 5.54. The van der Waals surface area contributed by atoms with Crippen molar-refractivity contribution in [1.82, 2.24) is 25.3 Å². The van der Waals surface area contributed by atoms with E-state index in [-0.39, 0.29) is 13.3 Å². The molecule has 5 rings (SSSR count). The van der Waals surface area contributed by atoms with Crippen molar-refractivity contribution in [2.45, 2.75) is 13.6 Å². The molecule has 0 radical (unpaired) electrons. The molecule has 192 valence electrons. The fourth-order valence-electron chi connectivity index (χ4n) is 2.98. The van der Waals surface area contributed by atoms with Crippen molar-refractivity contribution in [2.24, 2.45) is 0 Å². The molecule has 0 bridgehead atoms. The Balaban J connectivity index is 0.000000422. The van der Waals surface area contributed by atoms with E-state index >= 15 is 0 Å². The number of nitrogens with one attached hydrogen (secondary N) is 3. The second-order valence-corrected chi connectivity index (χ2v) is 8.00. The molecule has 1 amide bonds. The van der Waals surface area contributed by atoms with Gasteiger partial charge in [0.25, 0.3) is 5.91 Å². The second kappa shape index (κ2) is 10.9. The summed E-state index contributed by atoms with van der Waals surface area (Å²) in [4.78, 5) is 30.6. The van der Waals surface area contributed by atoms with Crippen LogP contribution in [0.5, 0.6) is 0 Å². The van der Waals surface area contributed by atoms with Gasteiger partial charge in [0, 0.05) is 23.5 Å². The minimum absolute atomic E-state index is 0. The summed E-state index contributed by atoms with van der Waals surface area (Å²) in [7, 11) is 0. The van der Waals surface area contributed by atoms with Crippen LogP contribution >= 0.6 is 11.3 Å². The Bertz CT molecular complexity index is 1530. The molecule has 0 aliphatic heterocycles. The van der Waals surface area contributed by atoms with Crippen LogP contribution in [0.1, 0.15) is 17.1 Å². The highest BCUT2D eigenvalue weighted by atomic mass is 32.1. The third kappa shape index (κ3) is 6.07. The quantitative estimate of drug-likeness (QED) is 0.258. The number of hydrogen-bond acceptors (Lipinski definition) is 8. The largest absolute Gasteiger partial charge is 0.542 e. The lowest BCUT2D eigenvalue weighted by Crippen LogP contribution is -2.37. The summed E-state index contributed by atoms with van der Waals surface area (Å²) >= 11 is 1.35. The van der Waals surface area contributed by atoms with Crippen LogP contribution in [0, 0.1) is 0 Å². The number of amides is 1. The van der Waals surface area contributed by atoms with Crippen molar-refractivity contribution in [3.63, 3.8) is 0 Å². The van der Waals surface area contributed by atoms with Gasteiger partial charge in [0.05, 0.1) is 34.1 Å². The molecule has 0 fully saturated rings. The molecule has 5 heterocycles. The van der Waals surface area contributed by atoms with Gasteiger partial charge in [0.1, 0.15) is 12.2 Å². The molecule has 15 heteroatoms. The molecule has 0 unspecified atom stereocenters. The predicted octanol–water partition coefficient (Wildman–Crippen LogP) is 2.43. The zero-order chi connectivity index (χ0) is 25.9. The van der Waals surface area contributed by atoms with Gasteiger partial charge in [-0.2, -0.15) is 18.3 Å². The van der Waals surface area contributed by atoms with E-state index in [1.807, 2.05) is 34.6 Å². The maximum Gasteiger partial charge on any atom is 0.430 e. The number of alkyl halides is 3. The molecular weight excluding hydrogens is 513 g/mol. The molecule has 0 aromatic carbocycles. The number of anilines is 2. The molecular formula is C22H19F3N8O3S. The Morgan fingerprint density at radius 3 is 2.54 bits per heavy atom. The van der Waals surface area contributed by atoms with Crippen molar-refractivity contribution in [2.75, 3.05) is 11.1 Å². The summed E-state index contributed by atoms with van der Waals surface area (Å²) in [6, 6.07) is 5.23. The van der Waals surface area contributed by atoms with Crippen LogP contribution < -0.4 is 20.7 Å². The number of aromatic amines is 2. The number of fused-ring (bicyclic) bond motifs is 1. The molecule has 5 aromatic rings. The number of carboxylic acid groups (broad SMARTS) is 1. The molecule has 0 atom stereocenters. The maximum atomic E-state index is 12.6. The highest BCUT2D eigenvalue weighted by Crippen LogP contribution is 2.28. The number of rotatable bonds is 4. The van der Waals surface area contributed by atoms with Crippen molar-refractivity contribution in [1.29, 1.82) is 0 Å². The number of nitrogens with two attached hydrogens (primary N) is 1. The molecule has 37 heavy (non-hydrogen) atoms. The first-order chi connectivity index (χ1) is 17.1. The molecule has 0 aliphatic rings. The molecule has 5 aromatic heterocycles. The average molecular weight is 533 g/mol. The van der Waals surface area contributed by atoms with Gasteiger partial charge in [-0.25, -0.2) is 10.1 Å². The van der Waals surface area contributed by atoms with Gasteiger partial charge < -0.3 is 21.0 Å². The molecule has 5 N–H and O–H groups in total. The zero-order valence-electron chi connectivity index (χ0n) is 17.9. The molecule has 11 nitrogen and oxygen atoms in total. The number of nitrogens with zero attached hydrogens (tertiary/aromatic N) is 4. The number of aromatic nitrogens is 6. The number of hydrogen-bond donors (Lipinski definition) is 4. The standard InChI is InChI=1S/C19H14N8OS.C2HF3O2.CH4/c20-15-2-1-3-21-17(15)26-19(28)16-4-11(10-29-16)14-8-25-27-9-13(5-22-18(14)27)12-6-23-24-7-12;3-2(4,5)1(6)7;/h1-10H,20H2,(H2,21,23,24,26,28);(H,6,7);1H4. The van der Waals surface area contributed by atoms with E-state index in [0.29, 0.717) is 16.4 Å². The van der Waals surface area contributed by atoms with E-state index in [2.05, 4.69) is 30.6 Å². The first-order valence-corrected chi connectivity index (χ1v) is 10.8. The fraction of sp³-hybridized carbons (Fsp3) is 0.0909. The van der Waals surface area contributed by atoms with Crippen LogP contribution in [-0.4, -0.2) is 43.3 Å². The number of carbonyl (C=O) groups is 2. The summed E-state index contributed by atoms with van der Waals surface area (Å²) in [5, 5.41) is 23.4. The molecule has 0 saturated heterocycles. The minimum Gasteiger partial charge on any atom is -0.542 e. The normalized spacial score (nSPS) is 10.8. The highest BCUT2D eigenvalue weighted by molar-refractivity contribution is 7.12. The molecule has 0 saturated carbocycles. The number of aliphatic carboxylic acids is 1. The molecule has 0 spiro atoms. The van der Waals surface area contributed by atoms with E-state index in [1.54, 1.807) is 30.7 Å². The van der Waals surface area contributed by atoms with Crippen LogP contribution in [0.2, 0.25) is 0 Å². The van der Waals surface area contributed by atoms with Gasteiger partial charge in [-0.1, -0.05) is 7.43 Å². The summed E-state index contributed by atoms with van der Waals surface area (Å²) in [5.74, 6) is -2.91. The first-order valence-electron chi connectivity index (χ1n) is 9.90. The van der Waals surface area contributed by atoms with Crippen LogP contribution in [-0.2, 0) is 4.79 Å². The van der Waals surface area contributed by atoms with Gasteiger partial charge >= 0.3 is 11.8 Å². The SMILES string of the molecule is C.Nc1cccnc1NC(=O)c1cc(-c2c[nH][n+]3cc(-c4cn[nH]c4)cnc23)cs1.O=C([O-])C(F)(F)F. The van der Waals surface area contributed by atoms with Gasteiger partial charge in [0.15, 0.2) is 12.0 Å². The van der Waals surface area contributed by atoms with Crippen LogP contribution in [0.25, 0.3) is 27.9 Å². The fourth-order valence-corrected chi connectivity index (χ4v) is 3.78. The van der Waals surface area contributed by atoms with Gasteiger partial charge in [-0.3, -0.25) is 9.89 Å². The summed E-state index contributed by atoms with van der Waals surface area (Å²) in [6.45, 7) is 0. The van der Waals surface area contributed by atoms with E-state index < -0.39 is 12.1 Å². The van der Waals surface area contributed by atoms with E-state index in [0.717, 1.165) is 27.9 Å². The first kappa shape index (κ1) is 26.8. The van der Waals surface area contributed by atoms with Crippen molar-refractivity contribution >= 4 is 40.4 Å². The van der Waals surface area contributed by atoms with Gasteiger partial charge in [-0.15, -0.1) is 15.9 Å². The monoisotopic (exact) mass is 532 g/mol. The highest BCUT2D eigenvalue weighted by Gasteiger charge is 2.28. The van der Waals surface area contributed by atoms with Gasteiger partial charge in [0.2, 0.25) is 0 Å². The second-order valence-electron chi connectivity index (χ2n) is 7.09. The maximum absolute atomic E-state index is 12.6. The number of halogens is 3. The van der Waals surface area contributed by atoms with Crippen molar-refractivity contribution in [3.8, 4) is 22.3 Å². The Kier molecular flexibility index (Phi) is 7.87. The van der Waals surface area contributed by atoms with E-state index in [1.165, 1.54) is 11.3 Å². The lowest BCUT2D eigenvalue weighted by Gasteiger charge is -2.04. The average Bonchev–Trinajstić information content (AvgIpc) is 3.60. The van der Waals surface area contributed by atoms with Crippen molar-refractivity contribution < 1.29 is 32.4 Å². The van der Waals surface area contributed by atoms with Crippen LogP contribution in [0.3, 0.4) is 0 Å². The zero-order valence-corrected chi connectivity index (χ0v) is 18.7. The third-order valence-corrected chi connectivity index (χ3v) is 5.61. The number of carbonyl (C=O) groups excluding carboxylic acids is 2. The lowest BCUT2D eigenvalue weighted by atomic mass is 10.1. The third-order valence-electron chi connectivity index (χ3n) is 4.68. The number of H-pyrrole nitrogens is 2. The minimum atomic E-state index is -5.19. The number of carboxylic acids is 1. The van der Waals surface area contributed by atoms with Crippen molar-refractivity contribution in [3.05, 3.63) is 65.6 Å². The summed E-state index contributed by atoms with van der Waals surface area (Å²) < 4.78 is 33.4. The number of nitrogen functional groups attached to an aromatic ring is 1. The van der Waals surface area contributed by atoms with Crippen LogP contribution in [0.15, 0.2) is 60.8 Å². The predicted molar refractivity (Wildman–Crippen MR) is 127 cm³/mol. The lowest BCUT2D eigenvalue weighted by molar-refractivity contribution is -0.578. The number of pyridine rings is 1. The Labute approximate surface area is 210 Å². The topological polar surface area (TPSA) is 170 Å². The molecule has 0 aliphatic carbocycles. The van der Waals surface area contributed by atoms with E-state index in [9.17, 15) is 18.0 Å². The smallest absolute Gasteiger partial charge is 0.430 e. The van der Waals surface area contributed by atoms with Gasteiger partial charge in [-0.05, 0) is 28.6 Å². The summed E-state index contributed by atoms with van der Waals surface area (Å²) in [5.41, 5.74) is 10.7. The van der Waals surface area contributed by atoms with Crippen LogP contribution in [0.4, 0.5) is 24.7 Å².